The van der Waals surface area contributed by atoms with Gasteiger partial charge < -0.3 is 14.6 Å². The van der Waals surface area contributed by atoms with Gasteiger partial charge in [0.25, 0.3) is 0 Å². The number of likely N-dealkylation sites (N-methyl/N-ethyl adjacent to an activating group) is 1. The molecule has 1 atom stereocenters. The normalized spacial score (nSPS) is 12.6. The molecule has 0 radical (unpaired) electrons. The van der Waals surface area contributed by atoms with E-state index in [1.165, 1.54) is 0 Å². The minimum absolute atomic E-state index is 0. The number of hydrogen-bond acceptors (Lipinski definition) is 3. The monoisotopic (exact) mass is 476 g/mol. The summed E-state index contributed by atoms with van der Waals surface area (Å²) in [5, 5.41) is 4.16. The molecular formula is C18H26ClIN4O. The molecule has 0 saturated heterocycles. The van der Waals surface area contributed by atoms with E-state index in [0.29, 0.717) is 6.54 Å². The molecule has 0 spiro atoms. The minimum atomic E-state index is 0. The lowest BCUT2D eigenvalue weighted by atomic mass is 10.2. The van der Waals surface area contributed by atoms with Crippen molar-refractivity contribution >= 4 is 41.5 Å². The second-order valence-electron chi connectivity index (χ2n) is 5.91. The summed E-state index contributed by atoms with van der Waals surface area (Å²) < 4.78 is 5.54. The van der Waals surface area contributed by atoms with Gasteiger partial charge in [0, 0.05) is 32.2 Å². The van der Waals surface area contributed by atoms with Gasteiger partial charge >= 0.3 is 0 Å². The van der Waals surface area contributed by atoms with Crippen molar-refractivity contribution in [3.8, 4) is 0 Å². The van der Waals surface area contributed by atoms with Crippen LogP contribution < -0.4 is 5.32 Å². The number of benzene rings is 1. The smallest absolute Gasteiger partial charge is 0.193 e. The first-order valence-corrected chi connectivity index (χ1v) is 8.25. The van der Waals surface area contributed by atoms with Crippen molar-refractivity contribution in [2.45, 2.75) is 12.6 Å². The summed E-state index contributed by atoms with van der Waals surface area (Å²) in [6, 6.07) is 11.9. The van der Waals surface area contributed by atoms with E-state index in [4.69, 9.17) is 16.0 Å². The van der Waals surface area contributed by atoms with E-state index < -0.39 is 0 Å². The van der Waals surface area contributed by atoms with Gasteiger partial charge in [-0.3, -0.25) is 9.89 Å². The SMILES string of the molecule is CN=C(NCC(c1ccco1)N(C)C)N(C)Cc1cccc(Cl)c1.I. The first kappa shape index (κ1) is 21.8. The zero-order valence-corrected chi connectivity index (χ0v) is 18.2. The highest BCUT2D eigenvalue weighted by Gasteiger charge is 2.18. The number of halogens is 2. The summed E-state index contributed by atoms with van der Waals surface area (Å²) in [7, 11) is 7.86. The Hall–Kier alpha value is -1.25. The molecular weight excluding hydrogens is 451 g/mol. The van der Waals surface area contributed by atoms with Crippen LogP contribution in [0.3, 0.4) is 0 Å². The van der Waals surface area contributed by atoms with Gasteiger partial charge in [-0.1, -0.05) is 23.7 Å². The third kappa shape index (κ3) is 6.52. The molecule has 0 fully saturated rings. The fraction of sp³-hybridized carbons (Fsp3) is 0.389. The predicted octanol–water partition coefficient (Wildman–Crippen LogP) is 3.86. The molecule has 2 rings (SSSR count). The fourth-order valence-electron chi connectivity index (χ4n) is 2.58. The number of guanidine groups is 1. The molecule has 7 heteroatoms. The van der Waals surface area contributed by atoms with E-state index in [0.717, 1.165) is 28.9 Å². The highest BCUT2D eigenvalue weighted by atomic mass is 127. The maximum Gasteiger partial charge on any atom is 0.193 e. The second-order valence-corrected chi connectivity index (χ2v) is 6.35. The van der Waals surface area contributed by atoms with Crippen molar-refractivity contribution in [2.24, 2.45) is 4.99 Å². The second kappa shape index (κ2) is 10.7. The average Bonchev–Trinajstić information content (AvgIpc) is 3.05. The Labute approximate surface area is 172 Å². The number of rotatable bonds is 6. The third-order valence-electron chi connectivity index (χ3n) is 3.83. The maximum absolute atomic E-state index is 6.06. The van der Waals surface area contributed by atoms with E-state index >= 15 is 0 Å². The number of furan rings is 1. The molecule has 1 heterocycles. The summed E-state index contributed by atoms with van der Waals surface area (Å²) in [5.74, 6) is 1.76. The van der Waals surface area contributed by atoms with Gasteiger partial charge in [-0.25, -0.2) is 0 Å². The van der Waals surface area contributed by atoms with Crippen LogP contribution in [-0.4, -0.2) is 50.5 Å². The van der Waals surface area contributed by atoms with Gasteiger partial charge in [0.05, 0.1) is 12.3 Å². The summed E-state index contributed by atoms with van der Waals surface area (Å²) in [6.07, 6.45) is 1.70. The molecule has 0 aliphatic rings. The summed E-state index contributed by atoms with van der Waals surface area (Å²) in [4.78, 5) is 8.56. The van der Waals surface area contributed by atoms with Crippen LogP contribution in [0.25, 0.3) is 0 Å². The van der Waals surface area contributed by atoms with Crippen LogP contribution in [0.5, 0.6) is 0 Å². The van der Waals surface area contributed by atoms with Crippen molar-refractivity contribution in [3.05, 3.63) is 59.0 Å². The van der Waals surface area contributed by atoms with Crippen LogP contribution in [0.4, 0.5) is 0 Å². The topological polar surface area (TPSA) is 44.0 Å². The molecule has 1 unspecified atom stereocenters. The van der Waals surface area contributed by atoms with Gasteiger partial charge in [-0.2, -0.15) is 0 Å². The Balaban J connectivity index is 0.00000312. The lowest BCUT2D eigenvalue weighted by Gasteiger charge is -2.27. The Morgan fingerprint density at radius 1 is 1.24 bits per heavy atom. The van der Waals surface area contributed by atoms with E-state index in [2.05, 4.69) is 26.2 Å². The lowest BCUT2D eigenvalue weighted by Crippen LogP contribution is -2.42. The summed E-state index contributed by atoms with van der Waals surface area (Å²) >= 11 is 6.06. The maximum atomic E-state index is 6.06. The summed E-state index contributed by atoms with van der Waals surface area (Å²) in [6.45, 7) is 1.43. The zero-order chi connectivity index (χ0) is 17.5. The van der Waals surface area contributed by atoms with Gasteiger partial charge in [0.15, 0.2) is 5.96 Å². The van der Waals surface area contributed by atoms with Crippen LogP contribution in [-0.2, 0) is 6.54 Å². The molecule has 2 aromatic rings. The van der Waals surface area contributed by atoms with Crippen molar-refractivity contribution < 1.29 is 4.42 Å². The first-order chi connectivity index (χ1) is 11.5. The first-order valence-electron chi connectivity index (χ1n) is 7.87. The minimum Gasteiger partial charge on any atom is -0.468 e. The zero-order valence-electron chi connectivity index (χ0n) is 15.1. The summed E-state index contributed by atoms with van der Waals surface area (Å²) in [5.41, 5.74) is 1.14. The Kier molecular flexibility index (Phi) is 9.31. The van der Waals surface area contributed by atoms with Gasteiger partial charge in [0.1, 0.15) is 5.76 Å². The molecule has 0 aliphatic carbocycles. The Morgan fingerprint density at radius 2 is 2.00 bits per heavy atom. The van der Waals surface area contributed by atoms with Crippen LogP contribution in [0.2, 0.25) is 5.02 Å². The van der Waals surface area contributed by atoms with Crippen molar-refractivity contribution in [2.75, 3.05) is 34.7 Å². The standard InChI is InChI=1S/C18H25ClN4O.HI/c1-20-18(23(4)13-14-7-5-8-15(19)11-14)21-12-16(22(2)3)17-9-6-10-24-17;/h5-11,16H,12-13H2,1-4H3,(H,20,21);1H. The predicted molar refractivity (Wildman–Crippen MR) is 115 cm³/mol. The molecule has 1 N–H and O–H groups in total. The number of aliphatic imine (C=N–C) groups is 1. The van der Waals surface area contributed by atoms with Crippen LogP contribution in [0.1, 0.15) is 17.4 Å². The molecule has 1 aromatic heterocycles. The lowest BCUT2D eigenvalue weighted by molar-refractivity contribution is 0.256. The highest BCUT2D eigenvalue weighted by Crippen LogP contribution is 2.18. The molecule has 1 aromatic carbocycles. The van der Waals surface area contributed by atoms with Crippen LogP contribution >= 0.6 is 35.6 Å². The van der Waals surface area contributed by atoms with Crippen molar-refractivity contribution in [1.82, 2.24) is 15.1 Å². The molecule has 0 aliphatic heterocycles. The quantitative estimate of drug-likeness (QED) is 0.391. The van der Waals surface area contributed by atoms with E-state index in [-0.39, 0.29) is 30.0 Å². The average molecular weight is 477 g/mol. The molecule has 0 bridgehead atoms. The number of nitrogens with one attached hydrogen (secondary N) is 1. The Bertz CT molecular complexity index is 661. The molecule has 0 saturated carbocycles. The van der Waals surface area contributed by atoms with Crippen LogP contribution in [0, 0.1) is 0 Å². The number of nitrogens with zero attached hydrogens (tertiary/aromatic N) is 3. The molecule has 25 heavy (non-hydrogen) atoms. The molecule has 138 valence electrons. The highest BCUT2D eigenvalue weighted by molar-refractivity contribution is 14.0. The van der Waals surface area contributed by atoms with Gasteiger partial charge in [-0.05, 0) is 43.9 Å². The van der Waals surface area contributed by atoms with Crippen molar-refractivity contribution in [3.63, 3.8) is 0 Å². The van der Waals surface area contributed by atoms with Crippen LogP contribution in [0.15, 0.2) is 52.1 Å². The largest absolute Gasteiger partial charge is 0.468 e. The van der Waals surface area contributed by atoms with E-state index in [1.54, 1.807) is 13.3 Å². The van der Waals surface area contributed by atoms with Gasteiger partial charge in [0.2, 0.25) is 0 Å². The van der Waals surface area contributed by atoms with E-state index in [9.17, 15) is 0 Å². The number of hydrogen-bond donors (Lipinski definition) is 1. The molecule has 0 amide bonds. The molecule has 5 nitrogen and oxygen atoms in total. The van der Waals surface area contributed by atoms with Gasteiger partial charge in [-0.15, -0.1) is 24.0 Å². The van der Waals surface area contributed by atoms with E-state index in [1.807, 2.05) is 51.5 Å². The third-order valence-corrected chi connectivity index (χ3v) is 4.07. The fourth-order valence-corrected chi connectivity index (χ4v) is 2.79. The van der Waals surface area contributed by atoms with Crippen molar-refractivity contribution in [1.29, 1.82) is 0 Å². The Morgan fingerprint density at radius 3 is 2.56 bits per heavy atom.